The Morgan fingerprint density at radius 1 is 1.00 bits per heavy atom. The Morgan fingerprint density at radius 2 is 1.67 bits per heavy atom. The minimum atomic E-state index is 0.360. The molecule has 0 saturated heterocycles. The van der Waals surface area contributed by atoms with Crippen LogP contribution in [0.2, 0.25) is 0 Å². The molecule has 0 radical (unpaired) electrons. The van der Waals surface area contributed by atoms with E-state index in [4.69, 9.17) is 0 Å². The number of hydrogen-bond acceptors (Lipinski definition) is 2. The molecule has 0 bridgehead atoms. The molecule has 1 unspecified atom stereocenters. The van der Waals surface area contributed by atoms with Gasteiger partial charge in [-0.3, -0.25) is 0 Å². The standard InChI is InChI=1S/C19H25NS/c1-14(2)16-11-9-15(10-12-16)13-18(20-3)17-7-5-6-8-19(17)21-4/h5-12,14,18,20H,13H2,1-4H3. The molecule has 2 aromatic carbocycles. The summed E-state index contributed by atoms with van der Waals surface area (Å²) < 4.78 is 0. The first kappa shape index (κ1) is 16.1. The SMILES string of the molecule is CNC(Cc1ccc(C(C)C)cc1)c1ccccc1SC. The lowest BCUT2D eigenvalue weighted by Crippen LogP contribution is -2.19. The van der Waals surface area contributed by atoms with Crippen molar-refractivity contribution in [3.05, 3.63) is 65.2 Å². The van der Waals surface area contributed by atoms with Gasteiger partial charge in [-0.25, -0.2) is 0 Å². The molecule has 1 atom stereocenters. The molecule has 0 amide bonds. The highest BCUT2D eigenvalue weighted by Crippen LogP contribution is 2.28. The summed E-state index contributed by atoms with van der Waals surface area (Å²) in [5, 5.41) is 3.47. The van der Waals surface area contributed by atoms with E-state index in [1.807, 2.05) is 18.8 Å². The third-order valence-corrected chi connectivity index (χ3v) is 4.76. The van der Waals surface area contributed by atoms with Gasteiger partial charge in [0.1, 0.15) is 0 Å². The average Bonchev–Trinajstić information content (AvgIpc) is 2.53. The van der Waals surface area contributed by atoms with Crippen LogP contribution in [-0.4, -0.2) is 13.3 Å². The lowest BCUT2D eigenvalue weighted by atomic mass is 9.96. The molecule has 0 aliphatic heterocycles. The van der Waals surface area contributed by atoms with Gasteiger partial charge in [0.2, 0.25) is 0 Å². The molecule has 1 N–H and O–H groups in total. The van der Waals surface area contributed by atoms with E-state index in [2.05, 4.69) is 74.0 Å². The Balaban J connectivity index is 2.19. The van der Waals surface area contributed by atoms with Gasteiger partial charge in [0.15, 0.2) is 0 Å². The first-order valence-electron chi connectivity index (χ1n) is 7.54. The summed E-state index contributed by atoms with van der Waals surface area (Å²) in [5.41, 5.74) is 4.18. The van der Waals surface area contributed by atoms with Gasteiger partial charge >= 0.3 is 0 Å². The molecule has 21 heavy (non-hydrogen) atoms. The fourth-order valence-corrected chi connectivity index (χ4v) is 3.26. The van der Waals surface area contributed by atoms with Crippen LogP contribution in [0.4, 0.5) is 0 Å². The zero-order valence-electron chi connectivity index (χ0n) is 13.4. The van der Waals surface area contributed by atoms with Gasteiger partial charge in [0.25, 0.3) is 0 Å². The summed E-state index contributed by atoms with van der Waals surface area (Å²) in [6.45, 7) is 4.47. The topological polar surface area (TPSA) is 12.0 Å². The van der Waals surface area contributed by atoms with Crippen molar-refractivity contribution in [2.75, 3.05) is 13.3 Å². The monoisotopic (exact) mass is 299 g/mol. The van der Waals surface area contributed by atoms with Crippen molar-refractivity contribution in [2.45, 2.75) is 37.1 Å². The predicted molar refractivity (Wildman–Crippen MR) is 94.3 cm³/mol. The second-order valence-corrected chi connectivity index (χ2v) is 6.53. The Morgan fingerprint density at radius 3 is 2.24 bits per heavy atom. The molecule has 2 heteroatoms. The van der Waals surface area contributed by atoms with E-state index < -0.39 is 0 Å². The molecule has 0 heterocycles. The summed E-state index contributed by atoms with van der Waals surface area (Å²) >= 11 is 1.82. The van der Waals surface area contributed by atoms with Crippen LogP contribution in [0, 0.1) is 0 Å². The van der Waals surface area contributed by atoms with Crippen LogP contribution in [0.15, 0.2) is 53.4 Å². The first-order chi connectivity index (χ1) is 10.2. The molecular weight excluding hydrogens is 274 g/mol. The van der Waals surface area contributed by atoms with Gasteiger partial charge < -0.3 is 5.32 Å². The normalized spacial score (nSPS) is 12.6. The summed E-state index contributed by atoms with van der Waals surface area (Å²) in [4.78, 5) is 1.36. The number of rotatable bonds is 6. The van der Waals surface area contributed by atoms with Crippen LogP contribution >= 0.6 is 11.8 Å². The molecule has 0 aliphatic carbocycles. The Kier molecular flexibility index (Phi) is 5.89. The van der Waals surface area contributed by atoms with E-state index in [0.717, 1.165) is 6.42 Å². The molecule has 1 nitrogen and oxygen atoms in total. The van der Waals surface area contributed by atoms with Crippen LogP contribution in [0.25, 0.3) is 0 Å². The molecule has 0 aliphatic rings. The molecule has 112 valence electrons. The molecule has 2 rings (SSSR count). The molecule has 0 fully saturated rings. The van der Waals surface area contributed by atoms with E-state index in [9.17, 15) is 0 Å². The van der Waals surface area contributed by atoms with E-state index in [1.54, 1.807) is 0 Å². The van der Waals surface area contributed by atoms with Crippen molar-refractivity contribution in [3.63, 3.8) is 0 Å². The number of hydrogen-bond donors (Lipinski definition) is 1. The number of benzene rings is 2. The fourth-order valence-electron chi connectivity index (χ4n) is 2.60. The third kappa shape index (κ3) is 4.12. The minimum Gasteiger partial charge on any atom is -0.313 e. The van der Waals surface area contributed by atoms with Gasteiger partial charge in [-0.2, -0.15) is 0 Å². The number of likely N-dealkylation sites (N-methyl/N-ethyl adjacent to an activating group) is 1. The Bertz CT molecular complexity index is 560. The highest BCUT2D eigenvalue weighted by molar-refractivity contribution is 7.98. The van der Waals surface area contributed by atoms with Crippen LogP contribution in [-0.2, 0) is 6.42 Å². The predicted octanol–water partition coefficient (Wildman–Crippen LogP) is 5.04. The van der Waals surface area contributed by atoms with Crippen molar-refractivity contribution >= 4 is 11.8 Å². The van der Waals surface area contributed by atoms with Crippen molar-refractivity contribution in [3.8, 4) is 0 Å². The van der Waals surface area contributed by atoms with Gasteiger partial charge in [-0.15, -0.1) is 11.8 Å². The smallest absolute Gasteiger partial charge is 0.0369 e. The average molecular weight is 299 g/mol. The zero-order valence-corrected chi connectivity index (χ0v) is 14.2. The molecule has 0 aromatic heterocycles. The van der Waals surface area contributed by atoms with E-state index in [-0.39, 0.29) is 0 Å². The zero-order chi connectivity index (χ0) is 15.2. The van der Waals surface area contributed by atoms with Gasteiger partial charge in [-0.05, 0) is 48.4 Å². The summed E-state index contributed by atoms with van der Waals surface area (Å²) in [5.74, 6) is 0.594. The van der Waals surface area contributed by atoms with Crippen molar-refractivity contribution in [1.29, 1.82) is 0 Å². The lowest BCUT2D eigenvalue weighted by Gasteiger charge is -2.20. The molecule has 0 spiro atoms. The minimum absolute atomic E-state index is 0.360. The lowest BCUT2D eigenvalue weighted by molar-refractivity contribution is 0.583. The summed E-state index contributed by atoms with van der Waals surface area (Å²) in [6.07, 6.45) is 3.16. The second-order valence-electron chi connectivity index (χ2n) is 5.68. The second kappa shape index (κ2) is 7.67. The van der Waals surface area contributed by atoms with E-state index in [0.29, 0.717) is 12.0 Å². The first-order valence-corrected chi connectivity index (χ1v) is 8.77. The maximum Gasteiger partial charge on any atom is 0.0369 e. The van der Waals surface area contributed by atoms with Gasteiger partial charge in [0.05, 0.1) is 0 Å². The maximum atomic E-state index is 3.47. The largest absolute Gasteiger partial charge is 0.313 e. The van der Waals surface area contributed by atoms with Crippen LogP contribution in [0.3, 0.4) is 0 Å². The van der Waals surface area contributed by atoms with Gasteiger partial charge in [0, 0.05) is 10.9 Å². The maximum absolute atomic E-state index is 3.47. The van der Waals surface area contributed by atoms with Crippen LogP contribution in [0.5, 0.6) is 0 Å². The van der Waals surface area contributed by atoms with Crippen LogP contribution in [0.1, 0.15) is 42.5 Å². The van der Waals surface area contributed by atoms with E-state index >= 15 is 0 Å². The van der Waals surface area contributed by atoms with Crippen LogP contribution < -0.4 is 5.32 Å². The highest BCUT2D eigenvalue weighted by Gasteiger charge is 2.13. The summed E-state index contributed by atoms with van der Waals surface area (Å²) in [7, 11) is 2.05. The van der Waals surface area contributed by atoms with Gasteiger partial charge in [-0.1, -0.05) is 56.3 Å². The molecule has 2 aromatic rings. The summed E-state index contributed by atoms with van der Waals surface area (Å²) in [6, 6.07) is 18.1. The quantitative estimate of drug-likeness (QED) is 0.750. The molecule has 0 saturated carbocycles. The third-order valence-electron chi connectivity index (χ3n) is 3.95. The fraction of sp³-hybridized carbons (Fsp3) is 0.368. The Labute approximate surface area is 133 Å². The Hall–Kier alpha value is -1.25. The van der Waals surface area contributed by atoms with Crippen molar-refractivity contribution < 1.29 is 0 Å². The number of nitrogens with one attached hydrogen (secondary N) is 1. The van der Waals surface area contributed by atoms with E-state index in [1.165, 1.54) is 21.6 Å². The van der Waals surface area contributed by atoms with Crippen molar-refractivity contribution in [2.24, 2.45) is 0 Å². The highest BCUT2D eigenvalue weighted by atomic mass is 32.2. The molecular formula is C19H25NS. The van der Waals surface area contributed by atoms with Crippen molar-refractivity contribution in [1.82, 2.24) is 5.32 Å². The number of thioether (sulfide) groups is 1.